The lowest BCUT2D eigenvalue weighted by Gasteiger charge is -2.26. The van der Waals surface area contributed by atoms with E-state index in [2.05, 4.69) is 25.1 Å². The molecule has 0 unspecified atom stereocenters. The molecule has 16 heavy (non-hydrogen) atoms. The normalized spacial score (nSPS) is 24.2. The fourth-order valence-corrected chi connectivity index (χ4v) is 2.42. The summed E-state index contributed by atoms with van der Waals surface area (Å²) < 4.78 is 0. The van der Waals surface area contributed by atoms with E-state index in [1.165, 1.54) is 31.2 Å². The predicted octanol–water partition coefficient (Wildman–Crippen LogP) is 4.49. The maximum absolute atomic E-state index is 8.72. The Morgan fingerprint density at radius 3 is 2.12 bits per heavy atom. The lowest BCUT2D eigenvalue weighted by molar-refractivity contribution is 0.348. The fourth-order valence-electron chi connectivity index (χ4n) is 2.42. The molecule has 1 aromatic carbocycles. The molecule has 0 N–H and O–H groups in total. The molecule has 1 nitrogen and oxygen atoms in total. The summed E-state index contributed by atoms with van der Waals surface area (Å²) in [6, 6.07) is 10.3. The van der Waals surface area contributed by atoms with Crippen LogP contribution in [0.3, 0.4) is 0 Å². The van der Waals surface area contributed by atoms with Crippen molar-refractivity contribution in [1.29, 1.82) is 5.26 Å². The molecule has 0 radical (unpaired) electrons. The van der Waals surface area contributed by atoms with Crippen LogP contribution in [0.2, 0.25) is 0 Å². The molecule has 0 atom stereocenters. The van der Waals surface area contributed by atoms with Gasteiger partial charge in [0.1, 0.15) is 0 Å². The van der Waals surface area contributed by atoms with Crippen molar-refractivity contribution in [1.82, 2.24) is 0 Å². The molecule has 1 heteroatoms. The SMILES string of the molecule is C.CC1CCC(c2ccc(C#N)cc2)CC1. The molecule has 0 spiro atoms. The first-order valence-electron chi connectivity index (χ1n) is 5.79. The van der Waals surface area contributed by atoms with Gasteiger partial charge in [0.05, 0.1) is 11.6 Å². The van der Waals surface area contributed by atoms with Gasteiger partial charge in [-0.3, -0.25) is 0 Å². The zero-order valence-corrected chi connectivity index (χ0v) is 9.24. The van der Waals surface area contributed by atoms with E-state index in [0.717, 1.165) is 17.4 Å². The van der Waals surface area contributed by atoms with Gasteiger partial charge in [0, 0.05) is 0 Å². The molecule has 1 fully saturated rings. The van der Waals surface area contributed by atoms with E-state index in [1.54, 1.807) is 0 Å². The third-order valence-corrected chi connectivity index (χ3v) is 3.53. The first kappa shape index (κ1) is 12.8. The zero-order valence-electron chi connectivity index (χ0n) is 9.24. The Kier molecular flexibility index (Phi) is 4.55. The third kappa shape index (κ3) is 2.85. The first-order chi connectivity index (χ1) is 7.29. The lowest BCUT2D eigenvalue weighted by Crippen LogP contribution is -2.10. The second-order valence-corrected chi connectivity index (χ2v) is 4.69. The number of rotatable bonds is 1. The van der Waals surface area contributed by atoms with Gasteiger partial charge in [0.2, 0.25) is 0 Å². The Hall–Kier alpha value is -1.29. The highest BCUT2D eigenvalue weighted by molar-refractivity contribution is 5.33. The number of hydrogen-bond acceptors (Lipinski definition) is 1. The Morgan fingerprint density at radius 1 is 1.06 bits per heavy atom. The van der Waals surface area contributed by atoms with Crippen LogP contribution in [-0.4, -0.2) is 0 Å². The highest BCUT2D eigenvalue weighted by atomic mass is 14.3. The Morgan fingerprint density at radius 2 is 1.62 bits per heavy atom. The molecule has 1 aliphatic rings. The Bertz CT molecular complexity index is 350. The van der Waals surface area contributed by atoms with Crippen LogP contribution in [0.1, 0.15) is 57.1 Å². The minimum Gasteiger partial charge on any atom is -0.192 e. The summed E-state index contributed by atoms with van der Waals surface area (Å²) in [6.45, 7) is 2.34. The van der Waals surface area contributed by atoms with Crippen molar-refractivity contribution in [3.05, 3.63) is 35.4 Å². The molecule has 1 saturated carbocycles. The van der Waals surface area contributed by atoms with Crippen molar-refractivity contribution in [2.75, 3.05) is 0 Å². The van der Waals surface area contributed by atoms with Gasteiger partial charge in [0.15, 0.2) is 0 Å². The van der Waals surface area contributed by atoms with Gasteiger partial charge >= 0.3 is 0 Å². The van der Waals surface area contributed by atoms with E-state index in [-0.39, 0.29) is 7.43 Å². The molecule has 2 rings (SSSR count). The van der Waals surface area contributed by atoms with Crippen LogP contribution in [0.25, 0.3) is 0 Å². The second kappa shape index (κ2) is 5.70. The summed E-state index contributed by atoms with van der Waals surface area (Å²) in [7, 11) is 0. The molecule has 0 saturated heterocycles. The quantitative estimate of drug-likeness (QED) is 0.677. The molecule has 1 aliphatic carbocycles. The molecular formula is C15H21N. The van der Waals surface area contributed by atoms with Crippen molar-refractivity contribution in [3.63, 3.8) is 0 Å². The van der Waals surface area contributed by atoms with Crippen molar-refractivity contribution in [2.45, 2.75) is 46.0 Å². The second-order valence-electron chi connectivity index (χ2n) is 4.69. The largest absolute Gasteiger partial charge is 0.192 e. The summed E-state index contributed by atoms with van der Waals surface area (Å²) >= 11 is 0. The van der Waals surface area contributed by atoms with Crippen molar-refractivity contribution >= 4 is 0 Å². The van der Waals surface area contributed by atoms with Gasteiger partial charge in [0.25, 0.3) is 0 Å². The van der Waals surface area contributed by atoms with E-state index in [1.807, 2.05) is 12.1 Å². The van der Waals surface area contributed by atoms with Crippen molar-refractivity contribution < 1.29 is 0 Å². The van der Waals surface area contributed by atoms with Gasteiger partial charge in [-0.25, -0.2) is 0 Å². The molecule has 0 bridgehead atoms. The summed E-state index contributed by atoms with van der Waals surface area (Å²) in [5.74, 6) is 1.63. The monoisotopic (exact) mass is 215 g/mol. The van der Waals surface area contributed by atoms with Crippen LogP contribution in [0, 0.1) is 17.2 Å². The average molecular weight is 215 g/mol. The van der Waals surface area contributed by atoms with Crippen LogP contribution >= 0.6 is 0 Å². The fraction of sp³-hybridized carbons (Fsp3) is 0.533. The highest BCUT2D eigenvalue weighted by Crippen LogP contribution is 2.35. The van der Waals surface area contributed by atoms with Gasteiger partial charge < -0.3 is 0 Å². The molecule has 1 aromatic rings. The molecular weight excluding hydrogens is 194 g/mol. The number of nitriles is 1. The van der Waals surface area contributed by atoms with Crippen LogP contribution in [0.15, 0.2) is 24.3 Å². The van der Waals surface area contributed by atoms with Crippen LogP contribution in [-0.2, 0) is 0 Å². The van der Waals surface area contributed by atoms with E-state index < -0.39 is 0 Å². The van der Waals surface area contributed by atoms with Crippen LogP contribution < -0.4 is 0 Å². The van der Waals surface area contributed by atoms with Crippen LogP contribution in [0.5, 0.6) is 0 Å². The first-order valence-corrected chi connectivity index (χ1v) is 5.79. The number of nitrogens with zero attached hydrogens (tertiary/aromatic N) is 1. The number of benzene rings is 1. The molecule has 0 amide bonds. The minimum atomic E-state index is 0. The molecule has 0 aliphatic heterocycles. The van der Waals surface area contributed by atoms with Gasteiger partial charge in [-0.05, 0) is 42.4 Å². The van der Waals surface area contributed by atoms with Crippen LogP contribution in [0.4, 0.5) is 0 Å². The maximum Gasteiger partial charge on any atom is 0.0991 e. The predicted molar refractivity (Wildman–Crippen MR) is 68.3 cm³/mol. The van der Waals surface area contributed by atoms with Gasteiger partial charge in [-0.15, -0.1) is 0 Å². The van der Waals surface area contributed by atoms with Gasteiger partial charge in [-0.1, -0.05) is 39.3 Å². The van der Waals surface area contributed by atoms with Gasteiger partial charge in [-0.2, -0.15) is 5.26 Å². The summed E-state index contributed by atoms with van der Waals surface area (Å²) in [5.41, 5.74) is 2.18. The van der Waals surface area contributed by atoms with E-state index in [0.29, 0.717) is 0 Å². The third-order valence-electron chi connectivity index (χ3n) is 3.53. The topological polar surface area (TPSA) is 23.8 Å². The molecule has 0 heterocycles. The minimum absolute atomic E-state index is 0. The van der Waals surface area contributed by atoms with E-state index >= 15 is 0 Å². The molecule has 86 valence electrons. The Balaban J connectivity index is 0.00000128. The number of hydrogen-bond donors (Lipinski definition) is 0. The lowest BCUT2D eigenvalue weighted by atomic mass is 9.79. The summed E-state index contributed by atoms with van der Waals surface area (Å²) in [6.07, 6.45) is 5.33. The van der Waals surface area contributed by atoms with E-state index in [9.17, 15) is 0 Å². The smallest absolute Gasteiger partial charge is 0.0991 e. The van der Waals surface area contributed by atoms with Crippen molar-refractivity contribution in [3.8, 4) is 6.07 Å². The zero-order chi connectivity index (χ0) is 10.7. The maximum atomic E-state index is 8.72. The molecule has 0 aromatic heterocycles. The standard InChI is InChI=1S/C14H17N.CH4/c1-11-2-6-13(7-3-11)14-8-4-12(10-15)5-9-14;/h4-5,8-9,11,13H,2-3,6-7H2,1H3;1H4. The average Bonchev–Trinajstić information content (AvgIpc) is 2.30. The van der Waals surface area contributed by atoms with Crippen molar-refractivity contribution in [2.24, 2.45) is 5.92 Å². The van der Waals surface area contributed by atoms with E-state index in [4.69, 9.17) is 5.26 Å². The Labute approximate surface area is 99.1 Å². The summed E-state index contributed by atoms with van der Waals surface area (Å²) in [5, 5.41) is 8.72. The summed E-state index contributed by atoms with van der Waals surface area (Å²) in [4.78, 5) is 0. The highest BCUT2D eigenvalue weighted by Gasteiger charge is 2.19.